The lowest BCUT2D eigenvalue weighted by Crippen LogP contribution is -2.47. The second-order valence-electron chi connectivity index (χ2n) is 8.96. The Kier molecular flexibility index (Phi) is 6.76. The van der Waals surface area contributed by atoms with Crippen LogP contribution in [0, 0.1) is 0 Å². The monoisotopic (exact) mass is 573 g/mol. The molecule has 186 valence electrons. The number of thiocarbonyl (C=S) groups is 1. The third kappa shape index (κ3) is 4.44. The number of ether oxygens (including phenoxy) is 4. The van der Waals surface area contributed by atoms with E-state index in [2.05, 4.69) is 9.97 Å². The number of hydrogen-bond donors (Lipinski definition) is 0. The molecule has 7 nitrogen and oxygen atoms in total. The maximum Gasteiger partial charge on any atom is 0.220 e. The van der Waals surface area contributed by atoms with Gasteiger partial charge in [0, 0.05) is 6.20 Å². The van der Waals surface area contributed by atoms with Crippen LogP contribution in [0.5, 0.6) is 0 Å². The quantitative estimate of drug-likeness (QED) is 0.255. The fourth-order valence-electron chi connectivity index (χ4n) is 4.83. The summed E-state index contributed by atoms with van der Waals surface area (Å²) in [4.78, 5) is 8.51. The zero-order valence-corrected chi connectivity index (χ0v) is 23.1. The first-order chi connectivity index (χ1) is 16.5. The van der Waals surface area contributed by atoms with Crippen molar-refractivity contribution in [3.05, 3.63) is 57.6 Å². The molecular weight excluding hydrogens is 553 g/mol. The van der Waals surface area contributed by atoms with E-state index < -0.39 is 35.9 Å². The summed E-state index contributed by atoms with van der Waals surface area (Å²) in [6.45, 7) is 5.71. The molecule has 12 heteroatoms. The van der Waals surface area contributed by atoms with Gasteiger partial charge in [0.25, 0.3) is 0 Å². The summed E-state index contributed by atoms with van der Waals surface area (Å²) in [6, 6.07) is 7.17. The standard InChI is InChI=1S/C23H22Cl3N3O4S2/c1-22(2)32-17-20(29-8-7-12-18(26)27-10-28-19(12)29)31-16(23(17,3)33-22)15(30-21(34)35-4)11-5-6-13(24)14(25)9-11/h5-10,15-17,20H,1-4H3/t15-,16-,17+,20-,23-/m1/s1. The number of halogens is 3. The van der Waals surface area contributed by atoms with Gasteiger partial charge in [0.15, 0.2) is 18.1 Å². The third-order valence-corrected chi connectivity index (χ3v) is 8.29. The highest BCUT2D eigenvalue weighted by atomic mass is 35.5. The molecule has 0 unspecified atom stereocenters. The molecule has 2 aliphatic rings. The van der Waals surface area contributed by atoms with Crippen LogP contribution < -0.4 is 0 Å². The number of hydrogen-bond acceptors (Lipinski definition) is 8. The smallest absolute Gasteiger partial charge is 0.220 e. The molecule has 0 bridgehead atoms. The Labute approximate surface area is 227 Å². The number of aromatic nitrogens is 3. The van der Waals surface area contributed by atoms with Crippen molar-refractivity contribution >= 4 is 74.2 Å². The van der Waals surface area contributed by atoms with Gasteiger partial charge < -0.3 is 23.5 Å². The van der Waals surface area contributed by atoms with Crippen LogP contribution in [0.25, 0.3) is 11.0 Å². The predicted octanol–water partition coefficient (Wildman–Crippen LogP) is 6.60. The first-order valence-corrected chi connectivity index (χ1v) is 13.5. The summed E-state index contributed by atoms with van der Waals surface area (Å²) in [5.74, 6) is -0.864. The van der Waals surface area contributed by atoms with E-state index in [-0.39, 0.29) is 0 Å². The molecule has 2 aliphatic heterocycles. The fourth-order valence-corrected chi connectivity index (χ4v) is 5.63. The zero-order chi connectivity index (χ0) is 25.1. The van der Waals surface area contributed by atoms with Gasteiger partial charge in [-0.3, -0.25) is 0 Å². The molecular formula is C23H22Cl3N3O4S2. The second kappa shape index (κ2) is 9.29. The topological polar surface area (TPSA) is 67.6 Å². The second-order valence-corrected chi connectivity index (χ2v) is 11.5. The van der Waals surface area contributed by atoms with Crippen molar-refractivity contribution in [1.82, 2.24) is 14.5 Å². The molecule has 0 radical (unpaired) electrons. The number of benzene rings is 1. The van der Waals surface area contributed by atoms with Crippen molar-refractivity contribution < 1.29 is 18.9 Å². The van der Waals surface area contributed by atoms with E-state index in [1.165, 1.54) is 18.1 Å². The summed E-state index contributed by atoms with van der Waals surface area (Å²) in [5, 5.41) is 1.91. The molecule has 0 saturated carbocycles. The van der Waals surface area contributed by atoms with Crippen LogP contribution >= 0.6 is 58.8 Å². The van der Waals surface area contributed by atoms with Crippen molar-refractivity contribution in [3.63, 3.8) is 0 Å². The summed E-state index contributed by atoms with van der Waals surface area (Å²) >= 11 is 25.6. The third-order valence-electron chi connectivity index (χ3n) is 6.22. The van der Waals surface area contributed by atoms with Crippen molar-refractivity contribution in [2.24, 2.45) is 0 Å². The van der Waals surface area contributed by atoms with E-state index in [9.17, 15) is 0 Å². The molecule has 5 atom stereocenters. The van der Waals surface area contributed by atoms with Gasteiger partial charge in [0.2, 0.25) is 4.38 Å². The Morgan fingerprint density at radius 2 is 1.94 bits per heavy atom. The molecule has 4 heterocycles. The Morgan fingerprint density at radius 3 is 2.66 bits per heavy atom. The maximum absolute atomic E-state index is 6.69. The largest absolute Gasteiger partial charge is 0.467 e. The number of rotatable bonds is 4. The lowest BCUT2D eigenvalue weighted by molar-refractivity contribution is -0.221. The van der Waals surface area contributed by atoms with Crippen molar-refractivity contribution in [3.8, 4) is 0 Å². The molecule has 2 saturated heterocycles. The minimum atomic E-state index is -0.910. The Bertz CT molecular complexity index is 1310. The highest BCUT2D eigenvalue weighted by Crippen LogP contribution is 2.54. The fraction of sp³-hybridized carbons (Fsp3) is 0.435. The highest BCUT2D eigenvalue weighted by molar-refractivity contribution is 8.22. The van der Waals surface area contributed by atoms with Gasteiger partial charge in [-0.15, -0.1) is 0 Å². The van der Waals surface area contributed by atoms with Crippen molar-refractivity contribution in [2.45, 2.75) is 56.7 Å². The van der Waals surface area contributed by atoms with Crippen LogP contribution in [0.3, 0.4) is 0 Å². The van der Waals surface area contributed by atoms with Gasteiger partial charge in [0.1, 0.15) is 34.9 Å². The van der Waals surface area contributed by atoms with E-state index >= 15 is 0 Å². The van der Waals surface area contributed by atoms with E-state index in [1.54, 1.807) is 12.1 Å². The van der Waals surface area contributed by atoms with Crippen LogP contribution in [-0.4, -0.2) is 48.8 Å². The lowest BCUT2D eigenvalue weighted by atomic mass is 9.88. The first-order valence-electron chi connectivity index (χ1n) is 10.7. The van der Waals surface area contributed by atoms with Crippen molar-refractivity contribution in [2.75, 3.05) is 6.26 Å². The molecule has 3 aromatic rings. The summed E-state index contributed by atoms with van der Waals surface area (Å²) in [5.41, 5.74) is 0.460. The van der Waals surface area contributed by atoms with Crippen LogP contribution in [-0.2, 0) is 18.9 Å². The zero-order valence-electron chi connectivity index (χ0n) is 19.2. The summed E-state index contributed by atoms with van der Waals surface area (Å²) in [6.07, 6.45) is 2.76. The van der Waals surface area contributed by atoms with Gasteiger partial charge in [-0.2, -0.15) is 0 Å². The maximum atomic E-state index is 6.69. The number of thioether (sulfide) groups is 1. The van der Waals surface area contributed by atoms with Gasteiger partial charge in [-0.05, 0) is 63.0 Å². The first kappa shape index (κ1) is 25.5. The summed E-state index contributed by atoms with van der Waals surface area (Å²) < 4.78 is 28.1. The van der Waals surface area contributed by atoms with E-state index in [0.717, 1.165) is 5.56 Å². The Hall–Kier alpha value is -1.17. The lowest BCUT2D eigenvalue weighted by Gasteiger charge is -2.34. The van der Waals surface area contributed by atoms with Crippen LogP contribution in [0.2, 0.25) is 15.2 Å². The Morgan fingerprint density at radius 1 is 1.17 bits per heavy atom. The predicted molar refractivity (Wildman–Crippen MR) is 141 cm³/mol. The van der Waals surface area contributed by atoms with Gasteiger partial charge >= 0.3 is 0 Å². The minimum absolute atomic E-state index is 0.359. The molecule has 0 spiro atoms. The van der Waals surface area contributed by atoms with Crippen LogP contribution in [0.15, 0.2) is 36.8 Å². The normalized spacial score (nSPS) is 28.3. The van der Waals surface area contributed by atoms with Gasteiger partial charge in [-0.25, -0.2) is 9.97 Å². The molecule has 0 aliphatic carbocycles. The van der Waals surface area contributed by atoms with Crippen LogP contribution in [0.4, 0.5) is 0 Å². The molecule has 0 amide bonds. The van der Waals surface area contributed by atoms with Gasteiger partial charge in [-0.1, -0.05) is 52.6 Å². The molecule has 0 N–H and O–H groups in total. The average molecular weight is 575 g/mol. The SMILES string of the molecule is CSC(=S)O[C@H](c1ccc(Cl)c(Cl)c1)[C@H]1O[C@@H](n2ccc3c(Cl)ncnc32)[C@@H]2OC(C)(C)O[C@]12C. The highest BCUT2D eigenvalue weighted by Gasteiger charge is 2.66. The van der Waals surface area contributed by atoms with Crippen LogP contribution in [0.1, 0.15) is 38.7 Å². The molecule has 5 rings (SSSR count). The molecule has 35 heavy (non-hydrogen) atoms. The molecule has 2 aromatic heterocycles. The summed E-state index contributed by atoms with van der Waals surface area (Å²) in [7, 11) is 0. The van der Waals surface area contributed by atoms with E-state index in [4.69, 9.17) is 66.0 Å². The average Bonchev–Trinajstić information content (AvgIpc) is 3.41. The minimum Gasteiger partial charge on any atom is -0.467 e. The number of fused-ring (bicyclic) bond motifs is 2. The molecule has 2 fully saturated rings. The van der Waals surface area contributed by atoms with Gasteiger partial charge in [0.05, 0.1) is 15.4 Å². The Balaban J connectivity index is 1.63. The molecule has 1 aromatic carbocycles. The van der Waals surface area contributed by atoms with E-state index in [1.807, 2.05) is 49.9 Å². The number of nitrogens with zero attached hydrogens (tertiary/aromatic N) is 3. The van der Waals surface area contributed by atoms with E-state index in [0.29, 0.717) is 30.6 Å². The van der Waals surface area contributed by atoms with Crippen molar-refractivity contribution in [1.29, 1.82) is 0 Å².